The second-order valence-electron chi connectivity index (χ2n) is 4.43. The fourth-order valence-electron chi connectivity index (χ4n) is 2.12. The largest absolute Gasteiger partial charge is 0.370 e. The Morgan fingerprint density at radius 3 is 3.06 bits per heavy atom. The molecule has 1 saturated carbocycles. The van der Waals surface area contributed by atoms with Crippen molar-refractivity contribution >= 4 is 5.96 Å². The summed E-state index contributed by atoms with van der Waals surface area (Å²) in [7, 11) is 0. The van der Waals surface area contributed by atoms with Crippen molar-refractivity contribution in [3.8, 4) is 0 Å². The lowest BCUT2D eigenvalue weighted by molar-refractivity contribution is 0.624. The van der Waals surface area contributed by atoms with Crippen LogP contribution in [0.15, 0.2) is 11.3 Å². The highest BCUT2D eigenvalue weighted by Crippen LogP contribution is 2.17. The zero-order valence-electron chi connectivity index (χ0n) is 10.0. The van der Waals surface area contributed by atoms with Gasteiger partial charge in [0.15, 0.2) is 5.96 Å². The van der Waals surface area contributed by atoms with E-state index in [2.05, 4.69) is 25.5 Å². The molecule has 94 valence electrons. The summed E-state index contributed by atoms with van der Waals surface area (Å²) in [5.41, 5.74) is 5.82. The van der Waals surface area contributed by atoms with Crippen molar-refractivity contribution < 1.29 is 0 Å². The molecule has 1 aliphatic rings. The number of nitrogens with two attached hydrogens (primary N) is 1. The van der Waals surface area contributed by atoms with Crippen molar-refractivity contribution in [1.82, 2.24) is 20.5 Å². The van der Waals surface area contributed by atoms with Crippen LogP contribution in [0.2, 0.25) is 0 Å². The highest BCUT2D eigenvalue weighted by Gasteiger charge is 2.14. The summed E-state index contributed by atoms with van der Waals surface area (Å²) in [4.78, 5) is 8.36. The molecule has 0 aliphatic heterocycles. The number of aliphatic imine (C=N–C) groups is 1. The first-order valence-corrected chi connectivity index (χ1v) is 6.25. The molecule has 4 N–H and O–H groups in total. The number of rotatable bonds is 5. The molecular weight excluding hydrogens is 216 g/mol. The molecule has 0 spiro atoms. The van der Waals surface area contributed by atoms with Crippen LogP contribution in [0.1, 0.15) is 37.9 Å². The number of guanidine groups is 1. The second kappa shape index (κ2) is 6.22. The molecule has 1 aliphatic carbocycles. The van der Waals surface area contributed by atoms with Crippen molar-refractivity contribution in [2.24, 2.45) is 10.7 Å². The zero-order chi connectivity index (χ0) is 11.9. The summed E-state index contributed by atoms with van der Waals surface area (Å²) >= 11 is 0. The minimum absolute atomic E-state index is 0.535. The average Bonchev–Trinajstić information content (AvgIpc) is 2.96. The number of nitrogens with one attached hydrogen (secondary N) is 2. The molecule has 1 heterocycles. The van der Waals surface area contributed by atoms with Crippen LogP contribution in [0.4, 0.5) is 0 Å². The van der Waals surface area contributed by atoms with Crippen LogP contribution in [0, 0.1) is 0 Å². The molecule has 1 fully saturated rings. The van der Waals surface area contributed by atoms with Gasteiger partial charge in [-0.15, -0.1) is 0 Å². The van der Waals surface area contributed by atoms with E-state index in [9.17, 15) is 0 Å². The van der Waals surface area contributed by atoms with E-state index in [1.165, 1.54) is 32.0 Å². The highest BCUT2D eigenvalue weighted by molar-refractivity contribution is 5.78. The molecule has 0 bridgehead atoms. The molecule has 0 unspecified atom stereocenters. The standard InChI is InChI=1S/C11H20N6/c12-11(16-9-4-1-2-5-9)13-7-3-6-10-14-8-15-17-10/h8-9H,1-7H2,(H3,12,13,16)(H,14,15,17). The van der Waals surface area contributed by atoms with Gasteiger partial charge >= 0.3 is 0 Å². The molecule has 2 rings (SSSR count). The van der Waals surface area contributed by atoms with Gasteiger partial charge in [0, 0.05) is 19.0 Å². The number of hydrogen-bond donors (Lipinski definition) is 3. The molecule has 0 atom stereocenters. The monoisotopic (exact) mass is 236 g/mol. The summed E-state index contributed by atoms with van der Waals surface area (Å²) in [6.45, 7) is 0.728. The normalized spacial score (nSPS) is 17.5. The lowest BCUT2D eigenvalue weighted by Gasteiger charge is -2.11. The van der Waals surface area contributed by atoms with Crippen molar-refractivity contribution in [3.05, 3.63) is 12.2 Å². The third kappa shape index (κ3) is 4.05. The van der Waals surface area contributed by atoms with Crippen LogP contribution in [0.5, 0.6) is 0 Å². The van der Waals surface area contributed by atoms with Crippen LogP contribution >= 0.6 is 0 Å². The average molecular weight is 236 g/mol. The van der Waals surface area contributed by atoms with E-state index in [4.69, 9.17) is 5.73 Å². The fourth-order valence-corrected chi connectivity index (χ4v) is 2.12. The maximum Gasteiger partial charge on any atom is 0.188 e. The Bertz CT molecular complexity index is 339. The summed E-state index contributed by atoms with van der Waals surface area (Å²) < 4.78 is 0. The lowest BCUT2D eigenvalue weighted by atomic mass is 10.2. The molecule has 6 heteroatoms. The summed E-state index contributed by atoms with van der Waals surface area (Å²) in [5.74, 6) is 1.48. The first-order valence-electron chi connectivity index (χ1n) is 6.25. The molecule has 17 heavy (non-hydrogen) atoms. The van der Waals surface area contributed by atoms with Crippen LogP contribution < -0.4 is 11.1 Å². The Morgan fingerprint density at radius 1 is 1.53 bits per heavy atom. The van der Waals surface area contributed by atoms with Gasteiger partial charge in [-0.05, 0) is 19.3 Å². The van der Waals surface area contributed by atoms with E-state index in [-0.39, 0.29) is 0 Å². The zero-order valence-corrected chi connectivity index (χ0v) is 10.0. The lowest BCUT2D eigenvalue weighted by Crippen LogP contribution is -2.38. The smallest absolute Gasteiger partial charge is 0.188 e. The first kappa shape index (κ1) is 11.9. The van der Waals surface area contributed by atoms with E-state index >= 15 is 0 Å². The van der Waals surface area contributed by atoms with Crippen LogP contribution in [-0.4, -0.2) is 33.7 Å². The number of aromatic amines is 1. The van der Waals surface area contributed by atoms with Crippen LogP contribution in [0.25, 0.3) is 0 Å². The third-order valence-electron chi connectivity index (χ3n) is 3.03. The summed E-state index contributed by atoms with van der Waals surface area (Å²) in [6, 6.07) is 0.535. The highest BCUT2D eigenvalue weighted by atomic mass is 15.2. The molecule has 0 aromatic carbocycles. The maximum absolute atomic E-state index is 5.82. The van der Waals surface area contributed by atoms with Gasteiger partial charge in [0.25, 0.3) is 0 Å². The summed E-state index contributed by atoms with van der Waals surface area (Å²) in [5, 5.41) is 9.89. The Labute approximate surface area is 101 Å². The van der Waals surface area contributed by atoms with Gasteiger partial charge in [0.2, 0.25) is 0 Å². The van der Waals surface area contributed by atoms with E-state index < -0.39 is 0 Å². The number of aromatic nitrogens is 3. The van der Waals surface area contributed by atoms with Gasteiger partial charge in [-0.3, -0.25) is 10.1 Å². The number of nitrogens with zero attached hydrogens (tertiary/aromatic N) is 3. The van der Waals surface area contributed by atoms with Gasteiger partial charge in [-0.2, -0.15) is 5.10 Å². The van der Waals surface area contributed by atoms with Crippen LogP contribution in [0.3, 0.4) is 0 Å². The fraction of sp³-hybridized carbons (Fsp3) is 0.727. The summed E-state index contributed by atoms with van der Waals surface area (Å²) in [6.07, 6.45) is 8.35. The molecule has 6 nitrogen and oxygen atoms in total. The van der Waals surface area contributed by atoms with Crippen molar-refractivity contribution in [3.63, 3.8) is 0 Å². The molecule has 1 aromatic rings. The Morgan fingerprint density at radius 2 is 2.35 bits per heavy atom. The molecule has 0 amide bonds. The van der Waals surface area contributed by atoms with Gasteiger partial charge in [-0.1, -0.05) is 12.8 Å². The second-order valence-corrected chi connectivity index (χ2v) is 4.43. The van der Waals surface area contributed by atoms with Gasteiger partial charge in [0.05, 0.1) is 0 Å². The van der Waals surface area contributed by atoms with E-state index in [0.717, 1.165) is 25.2 Å². The van der Waals surface area contributed by atoms with Gasteiger partial charge in [-0.25, -0.2) is 4.98 Å². The molecule has 1 aromatic heterocycles. The Balaban J connectivity index is 1.62. The first-order chi connectivity index (χ1) is 8.34. The maximum atomic E-state index is 5.82. The predicted molar refractivity (Wildman–Crippen MR) is 66.6 cm³/mol. The Kier molecular flexibility index (Phi) is 4.35. The van der Waals surface area contributed by atoms with Crippen molar-refractivity contribution in [2.45, 2.75) is 44.6 Å². The third-order valence-corrected chi connectivity index (χ3v) is 3.03. The number of H-pyrrole nitrogens is 1. The van der Waals surface area contributed by atoms with Crippen molar-refractivity contribution in [2.75, 3.05) is 6.54 Å². The molecular formula is C11H20N6. The quantitative estimate of drug-likeness (QED) is 0.396. The van der Waals surface area contributed by atoms with Crippen molar-refractivity contribution in [1.29, 1.82) is 0 Å². The Hall–Kier alpha value is -1.59. The van der Waals surface area contributed by atoms with Gasteiger partial charge < -0.3 is 11.1 Å². The van der Waals surface area contributed by atoms with E-state index in [1.807, 2.05) is 0 Å². The van der Waals surface area contributed by atoms with Gasteiger partial charge in [0.1, 0.15) is 12.2 Å². The SMILES string of the molecule is NC(=NCCCc1ncn[nH]1)NC1CCCC1. The number of aryl methyl sites for hydroxylation is 1. The minimum Gasteiger partial charge on any atom is -0.370 e. The topological polar surface area (TPSA) is 92.0 Å². The molecule has 0 radical (unpaired) electrons. The number of hydrogen-bond acceptors (Lipinski definition) is 3. The molecule has 0 saturated heterocycles. The minimum atomic E-state index is 0.535. The van der Waals surface area contributed by atoms with Crippen LogP contribution in [-0.2, 0) is 6.42 Å². The van der Waals surface area contributed by atoms with E-state index in [0.29, 0.717) is 12.0 Å². The predicted octanol–water partition coefficient (Wildman–Crippen LogP) is 0.584. The van der Waals surface area contributed by atoms with E-state index in [1.54, 1.807) is 0 Å².